The molecule has 2 rings (SSSR count). The fourth-order valence-corrected chi connectivity index (χ4v) is 3.06. The molecule has 0 N–H and O–H groups in total. The molecule has 0 spiro atoms. The van der Waals surface area contributed by atoms with E-state index in [0.29, 0.717) is 14.5 Å². The van der Waals surface area contributed by atoms with E-state index in [0.717, 1.165) is 0 Å². The van der Waals surface area contributed by atoms with Crippen molar-refractivity contribution >= 4 is 24.3 Å². The minimum atomic E-state index is 0.501. The van der Waals surface area contributed by atoms with Gasteiger partial charge >= 0.3 is 71.4 Å². The first-order valence-corrected chi connectivity index (χ1v) is 5.31. The van der Waals surface area contributed by atoms with Crippen LogP contribution in [0.25, 0.3) is 9.78 Å². The van der Waals surface area contributed by atoms with Gasteiger partial charge in [-0.25, -0.2) is 0 Å². The first-order valence-electron chi connectivity index (χ1n) is 3.60. The van der Waals surface area contributed by atoms with Gasteiger partial charge in [-0.1, -0.05) is 0 Å². The van der Waals surface area contributed by atoms with Crippen LogP contribution in [-0.4, -0.2) is 19.5 Å². The first-order chi connectivity index (χ1) is 5.27. The molecule has 2 heteroatoms. The molecule has 2 aromatic rings. The third kappa shape index (κ3) is 1.13. The van der Waals surface area contributed by atoms with Gasteiger partial charge in [-0.2, -0.15) is 0 Å². The number of hydrogen-bond acceptors (Lipinski definition) is 1. The minimum absolute atomic E-state index is 0.501. The quantitative estimate of drug-likeness (QED) is 0.605. The maximum absolute atomic E-state index is 4.46. The molecule has 0 saturated heterocycles. The van der Waals surface area contributed by atoms with Crippen LogP contribution in [0.4, 0.5) is 0 Å². The van der Waals surface area contributed by atoms with Crippen LogP contribution < -0.4 is 0 Å². The number of aromatic nitrogens is 1. The molecule has 0 aliphatic heterocycles. The molecule has 0 atom stereocenters. The van der Waals surface area contributed by atoms with Crippen LogP contribution >= 0.6 is 0 Å². The number of fused-ring (bicyclic) bond motifs is 1. The molecule has 1 aromatic carbocycles. The van der Waals surface area contributed by atoms with Crippen LogP contribution in [0.2, 0.25) is 0 Å². The van der Waals surface area contributed by atoms with Crippen LogP contribution in [-0.2, 0) is 0 Å². The van der Waals surface area contributed by atoms with E-state index >= 15 is 0 Å². The van der Waals surface area contributed by atoms with Crippen molar-refractivity contribution in [3.05, 3.63) is 28.3 Å². The van der Waals surface area contributed by atoms with Crippen LogP contribution in [0.5, 0.6) is 0 Å². The van der Waals surface area contributed by atoms with Gasteiger partial charge in [-0.3, -0.25) is 0 Å². The van der Waals surface area contributed by atoms with E-state index in [1.807, 2.05) is 0 Å². The normalized spacial score (nSPS) is 10.7. The van der Waals surface area contributed by atoms with Gasteiger partial charge in [0.05, 0.1) is 0 Å². The van der Waals surface area contributed by atoms with Crippen LogP contribution in [0, 0.1) is 13.8 Å². The average molecular weight is 210 g/mol. The fourth-order valence-electron chi connectivity index (χ4n) is 1.20. The summed E-state index contributed by atoms with van der Waals surface area (Å²) in [6.07, 6.45) is 0. The Hall–Kier alpha value is -0.591. The summed E-state index contributed by atoms with van der Waals surface area (Å²) >= 11 is 0.501. The van der Waals surface area contributed by atoms with Gasteiger partial charge in [0.1, 0.15) is 0 Å². The van der Waals surface area contributed by atoms with Crippen molar-refractivity contribution in [1.29, 1.82) is 0 Å². The van der Waals surface area contributed by atoms with Crippen molar-refractivity contribution in [1.82, 2.24) is 4.98 Å². The van der Waals surface area contributed by atoms with Crippen LogP contribution in [0.15, 0.2) is 18.2 Å². The molecule has 0 aliphatic rings. The Labute approximate surface area is 71.8 Å². The van der Waals surface area contributed by atoms with Gasteiger partial charge in [0, 0.05) is 0 Å². The van der Waals surface area contributed by atoms with Gasteiger partial charge in [-0.05, 0) is 0 Å². The summed E-state index contributed by atoms with van der Waals surface area (Å²) in [5.74, 6) is 0. The van der Waals surface area contributed by atoms with Crippen molar-refractivity contribution in [2.75, 3.05) is 0 Å². The van der Waals surface area contributed by atoms with Crippen molar-refractivity contribution in [3.63, 3.8) is 0 Å². The third-order valence-corrected chi connectivity index (χ3v) is 4.07. The predicted octanol–water partition coefficient (Wildman–Crippen LogP) is 1.91. The molecule has 0 unspecified atom stereocenters. The Morgan fingerprint density at radius 2 is 2.09 bits per heavy atom. The molecule has 0 fully saturated rings. The van der Waals surface area contributed by atoms with E-state index in [2.05, 4.69) is 37.0 Å². The summed E-state index contributed by atoms with van der Waals surface area (Å²) in [5.41, 5.74) is 2.59. The SMILES string of the molecule is Cc1nc2cccc(C)c2[se]1. The van der Waals surface area contributed by atoms with E-state index in [9.17, 15) is 0 Å². The summed E-state index contributed by atoms with van der Waals surface area (Å²) in [6.45, 7) is 4.27. The number of nitrogens with zero attached hydrogens (tertiary/aromatic N) is 1. The van der Waals surface area contributed by atoms with E-state index in [1.54, 1.807) is 0 Å². The predicted molar refractivity (Wildman–Crippen MR) is 48.2 cm³/mol. The molecule has 1 nitrogen and oxygen atoms in total. The van der Waals surface area contributed by atoms with Gasteiger partial charge in [0.2, 0.25) is 0 Å². The Kier molecular flexibility index (Phi) is 1.59. The van der Waals surface area contributed by atoms with Crippen molar-refractivity contribution in [2.24, 2.45) is 0 Å². The Morgan fingerprint density at radius 3 is 2.82 bits per heavy atom. The zero-order valence-corrected chi connectivity index (χ0v) is 8.30. The molecule has 0 amide bonds. The number of hydrogen-bond donors (Lipinski definition) is 0. The summed E-state index contributed by atoms with van der Waals surface area (Å²) < 4.78 is 2.76. The molecule has 11 heavy (non-hydrogen) atoms. The second kappa shape index (κ2) is 2.47. The van der Waals surface area contributed by atoms with E-state index < -0.39 is 0 Å². The molecular formula is C9H9NSe. The molecule has 0 radical (unpaired) electrons. The Balaban J connectivity index is 2.90. The number of aryl methyl sites for hydroxylation is 2. The number of benzene rings is 1. The number of rotatable bonds is 0. The Morgan fingerprint density at radius 1 is 1.27 bits per heavy atom. The summed E-state index contributed by atoms with van der Waals surface area (Å²) in [5, 5.41) is 0. The molecule has 56 valence electrons. The zero-order chi connectivity index (χ0) is 7.84. The summed E-state index contributed by atoms with van der Waals surface area (Å²) in [4.78, 5) is 4.46. The van der Waals surface area contributed by atoms with E-state index in [-0.39, 0.29) is 0 Å². The fraction of sp³-hybridized carbons (Fsp3) is 0.222. The zero-order valence-electron chi connectivity index (χ0n) is 6.59. The monoisotopic (exact) mass is 211 g/mol. The van der Waals surface area contributed by atoms with Gasteiger partial charge in [0.25, 0.3) is 0 Å². The van der Waals surface area contributed by atoms with Gasteiger partial charge in [0.15, 0.2) is 0 Å². The van der Waals surface area contributed by atoms with Gasteiger partial charge < -0.3 is 0 Å². The summed E-state index contributed by atoms with van der Waals surface area (Å²) in [6, 6.07) is 6.33. The average Bonchev–Trinajstić information content (AvgIpc) is 2.31. The molecule has 0 aliphatic carbocycles. The van der Waals surface area contributed by atoms with Crippen LogP contribution in [0.3, 0.4) is 0 Å². The molecule has 0 bridgehead atoms. The van der Waals surface area contributed by atoms with Gasteiger partial charge in [-0.15, -0.1) is 0 Å². The maximum atomic E-state index is 4.46. The third-order valence-electron chi connectivity index (χ3n) is 1.72. The molecular weight excluding hydrogens is 201 g/mol. The Bertz CT molecular complexity index is 389. The van der Waals surface area contributed by atoms with E-state index in [4.69, 9.17) is 0 Å². The van der Waals surface area contributed by atoms with E-state index in [1.165, 1.54) is 19.9 Å². The first kappa shape index (κ1) is 7.08. The molecule has 1 aromatic heterocycles. The standard InChI is InChI=1S/C9H9NSe/c1-6-4-3-5-8-9(6)11-7(2)10-8/h3-5H,1-2H3. The second-order valence-electron chi connectivity index (χ2n) is 2.66. The summed E-state index contributed by atoms with van der Waals surface area (Å²) in [7, 11) is 0. The van der Waals surface area contributed by atoms with Crippen molar-refractivity contribution < 1.29 is 0 Å². The van der Waals surface area contributed by atoms with Crippen molar-refractivity contribution in [2.45, 2.75) is 13.8 Å². The molecule has 1 heterocycles. The van der Waals surface area contributed by atoms with Crippen LogP contribution in [0.1, 0.15) is 10.1 Å². The topological polar surface area (TPSA) is 12.9 Å². The van der Waals surface area contributed by atoms with Crippen molar-refractivity contribution in [3.8, 4) is 0 Å². The molecule has 0 saturated carbocycles. The second-order valence-corrected chi connectivity index (χ2v) is 5.18.